The molecule has 0 unspecified atom stereocenters. The smallest absolute Gasteiger partial charge is 0.205 e. The second kappa shape index (κ2) is 6.06. The molecule has 2 rings (SSSR count). The Bertz CT molecular complexity index is 771. The van der Waals surface area contributed by atoms with Crippen LogP contribution in [0.15, 0.2) is 47.1 Å². The molecule has 0 spiro atoms. The fourth-order valence-electron chi connectivity index (χ4n) is 2.65. The first-order chi connectivity index (χ1) is 10.8. The van der Waals surface area contributed by atoms with Crippen LogP contribution in [0.5, 0.6) is 5.75 Å². The summed E-state index contributed by atoms with van der Waals surface area (Å²) in [5.41, 5.74) is 6.87. The predicted octanol–water partition coefficient (Wildman–Crippen LogP) is 3.33. The summed E-state index contributed by atoms with van der Waals surface area (Å²) in [7, 11) is 1.55. The highest BCUT2D eigenvalue weighted by atomic mass is 16.5. The lowest BCUT2D eigenvalue weighted by Gasteiger charge is -2.32. The van der Waals surface area contributed by atoms with Crippen molar-refractivity contribution in [3.63, 3.8) is 0 Å². The van der Waals surface area contributed by atoms with Gasteiger partial charge in [-0.1, -0.05) is 39.0 Å². The van der Waals surface area contributed by atoms with Gasteiger partial charge in [-0.2, -0.15) is 10.5 Å². The lowest BCUT2D eigenvalue weighted by molar-refractivity contribution is 0.199. The Morgan fingerprint density at radius 3 is 2.26 bits per heavy atom. The van der Waals surface area contributed by atoms with Crippen molar-refractivity contribution in [1.29, 1.82) is 10.5 Å². The van der Waals surface area contributed by atoms with Crippen LogP contribution in [-0.4, -0.2) is 7.11 Å². The molecular formula is C18H19N3O2. The van der Waals surface area contributed by atoms with E-state index >= 15 is 0 Å². The van der Waals surface area contributed by atoms with Gasteiger partial charge in [-0.25, -0.2) is 0 Å². The molecule has 118 valence electrons. The number of nitriles is 2. The van der Waals surface area contributed by atoms with Gasteiger partial charge in [-0.05, 0) is 6.07 Å². The largest absolute Gasteiger partial charge is 0.496 e. The number of nitrogens with zero attached hydrogens (tertiary/aromatic N) is 2. The average Bonchev–Trinajstić information content (AvgIpc) is 2.52. The number of benzene rings is 1. The minimum atomic E-state index is -0.593. The minimum Gasteiger partial charge on any atom is -0.496 e. The molecule has 5 nitrogen and oxygen atoms in total. The highest BCUT2D eigenvalue weighted by Crippen LogP contribution is 2.46. The first-order valence-electron chi connectivity index (χ1n) is 7.20. The van der Waals surface area contributed by atoms with Crippen LogP contribution in [0.4, 0.5) is 0 Å². The molecule has 0 bridgehead atoms. The van der Waals surface area contributed by atoms with Gasteiger partial charge in [0.25, 0.3) is 0 Å². The summed E-state index contributed by atoms with van der Waals surface area (Å²) >= 11 is 0. The maximum absolute atomic E-state index is 9.72. The zero-order valence-electron chi connectivity index (χ0n) is 13.7. The SMILES string of the molecule is COc1ccccc1[C@H]1C(C#N)=C(N)OC(C(C)(C)C)=C1C#N. The quantitative estimate of drug-likeness (QED) is 0.904. The number of rotatable bonds is 2. The summed E-state index contributed by atoms with van der Waals surface area (Å²) in [6, 6.07) is 11.6. The van der Waals surface area contributed by atoms with Crippen LogP contribution >= 0.6 is 0 Å². The van der Waals surface area contributed by atoms with Gasteiger partial charge in [-0.3, -0.25) is 0 Å². The van der Waals surface area contributed by atoms with Crippen LogP contribution in [-0.2, 0) is 4.74 Å². The van der Waals surface area contributed by atoms with Crippen molar-refractivity contribution in [2.24, 2.45) is 11.1 Å². The molecule has 0 aromatic heterocycles. The molecule has 5 heteroatoms. The molecule has 0 radical (unpaired) electrons. The summed E-state index contributed by atoms with van der Waals surface area (Å²) in [6.45, 7) is 5.80. The van der Waals surface area contributed by atoms with E-state index in [4.69, 9.17) is 15.2 Å². The highest BCUT2D eigenvalue weighted by molar-refractivity contribution is 5.57. The Morgan fingerprint density at radius 2 is 1.74 bits per heavy atom. The Morgan fingerprint density at radius 1 is 1.13 bits per heavy atom. The van der Waals surface area contributed by atoms with E-state index in [-0.39, 0.29) is 11.5 Å². The van der Waals surface area contributed by atoms with Gasteiger partial charge >= 0.3 is 0 Å². The maximum atomic E-state index is 9.72. The van der Waals surface area contributed by atoms with Crippen molar-refractivity contribution < 1.29 is 9.47 Å². The Hall–Kier alpha value is -2.92. The molecule has 0 saturated heterocycles. The molecule has 1 aliphatic heterocycles. The number of ether oxygens (including phenoxy) is 2. The van der Waals surface area contributed by atoms with E-state index in [2.05, 4.69) is 12.1 Å². The van der Waals surface area contributed by atoms with Gasteiger partial charge in [0, 0.05) is 11.0 Å². The summed E-state index contributed by atoms with van der Waals surface area (Å²) < 4.78 is 11.0. The van der Waals surface area contributed by atoms with Crippen molar-refractivity contribution in [2.75, 3.05) is 7.11 Å². The number of hydrogen-bond acceptors (Lipinski definition) is 5. The molecule has 0 fully saturated rings. The summed E-state index contributed by atoms with van der Waals surface area (Å²) in [5, 5.41) is 19.2. The van der Waals surface area contributed by atoms with Gasteiger partial charge in [0.1, 0.15) is 23.2 Å². The Balaban J connectivity index is 2.78. The summed E-state index contributed by atoms with van der Waals surface area (Å²) in [6.07, 6.45) is 0. The van der Waals surface area contributed by atoms with Crippen molar-refractivity contribution in [2.45, 2.75) is 26.7 Å². The third-order valence-corrected chi connectivity index (χ3v) is 3.67. The molecule has 0 aliphatic carbocycles. The lowest BCUT2D eigenvalue weighted by Crippen LogP contribution is -2.26. The van der Waals surface area contributed by atoms with Crippen LogP contribution in [0, 0.1) is 28.1 Å². The fraction of sp³-hybridized carbons (Fsp3) is 0.333. The molecule has 1 aromatic rings. The fourth-order valence-corrected chi connectivity index (χ4v) is 2.65. The van der Waals surface area contributed by atoms with E-state index in [1.165, 1.54) is 0 Å². The van der Waals surface area contributed by atoms with Crippen molar-refractivity contribution in [3.8, 4) is 17.9 Å². The predicted molar refractivity (Wildman–Crippen MR) is 85.7 cm³/mol. The van der Waals surface area contributed by atoms with Crippen LogP contribution in [0.3, 0.4) is 0 Å². The number of allylic oxidation sites excluding steroid dienone is 3. The second-order valence-corrected chi connectivity index (χ2v) is 6.27. The van der Waals surface area contributed by atoms with E-state index < -0.39 is 11.3 Å². The van der Waals surface area contributed by atoms with Gasteiger partial charge in [0.05, 0.1) is 24.7 Å². The highest BCUT2D eigenvalue weighted by Gasteiger charge is 2.38. The molecule has 23 heavy (non-hydrogen) atoms. The number of methoxy groups -OCH3 is 1. The van der Waals surface area contributed by atoms with Crippen LogP contribution in [0.2, 0.25) is 0 Å². The van der Waals surface area contributed by atoms with E-state index in [9.17, 15) is 10.5 Å². The zero-order chi connectivity index (χ0) is 17.2. The molecule has 0 amide bonds. The molecule has 0 saturated carbocycles. The number of hydrogen-bond donors (Lipinski definition) is 1. The van der Waals surface area contributed by atoms with E-state index in [1.807, 2.05) is 39.0 Å². The topological polar surface area (TPSA) is 92.1 Å². The van der Waals surface area contributed by atoms with E-state index in [0.29, 0.717) is 17.1 Å². The molecule has 1 aliphatic rings. The lowest BCUT2D eigenvalue weighted by atomic mass is 9.78. The monoisotopic (exact) mass is 309 g/mol. The average molecular weight is 309 g/mol. The summed E-state index contributed by atoms with van der Waals surface area (Å²) in [4.78, 5) is 0. The number of para-hydroxylation sites is 1. The summed E-state index contributed by atoms with van der Waals surface area (Å²) in [5.74, 6) is 0.518. The van der Waals surface area contributed by atoms with Crippen molar-refractivity contribution >= 4 is 0 Å². The first-order valence-corrected chi connectivity index (χ1v) is 7.20. The Kier molecular flexibility index (Phi) is 4.33. The third kappa shape index (κ3) is 2.86. The molecule has 1 heterocycles. The van der Waals surface area contributed by atoms with Gasteiger partial charge in [0.2, 0.25) is 5.88 Å². The van der Waals surface area contributed by atoms with Crippen LogP contribution < -0.4 is 10.5 Å². The normalized spacial score (nSPS) is 18.1. The molecule has 1 atom stereocenters. The third-order valence-electron chi connectivity index (χ3n) is 3.67. The van der Waals surface area contributed by atoms with Gasteiger partial charge < -0.3 is 15.2 Å². The van der Waals surface area contributed by atoms with Gasteiger partial charge in [0.15, 0.2) is 0 Å². The first kappa shape index (κ1) is 16.5. The molecule has 2 N–H and O–H groups in total. The van der Waals surface area contributed by atoms with Crippen LogP contribution in [0.1, 0.15) is 32.3 Å². The maximum Gasteiger partial charge on any atom is 0.205 e. The second-order valence-electron chi connectivity index (χ2n) is 6.27. The van der Waals surface area contributed by atoms with Gasteiger partial charge in [-0.15, -0.1) is 0 Å². The Labute approximate surface area is 136 Å². The zero-order valence-corrected chi connectivity index (χ0v) is 13.7. The van der Waals surface area contributed by atoms with E-state index in [1.54, 1.807) is 13.2 Å². The van der Waals surface area contributed by atoms with E-state index in [0.717, 1.165) is 5.56 Å². The molecule has 1 aromatic carbocycles. The minimum absolute atomic E-state index is 0.0346. The number of nitrogens with two attached hydrogens (primary N) is 1. The standard InChI is InChI=1S/C18H19N3O2/c1-18(2,3)16-12(9-19)15(13(10-20)17(21)23-16)11-7-5-6-8-14(11)22-4/h5-8,15H,21H2,1-4H3/t15-/m1/s1. The van der Waals surface area contributed by atoms with Crippen LogP contribution in [0.25, 0.3) is 0 Å². The van der Waals surface area contributed by atoms with Crippen molar-refractivity contribution in [3.05, 3.63) is 52.6 Å². The van der Waals surface area contributed by atoms with Crippen molar-refractivity contribution in [1.82, 2.24) is 0 Å². The molecular weight excluding hydrogens is 290 g/mol.